The SMILES string of the molecule is Cc1cc(S(N)(=O)=O)cc(NC(=O)c2ccoc2Cl)c1C. The van der Waals surface area contributed by atoms with Crippen LogP contribution in [0.15, 0.2) is 33.8 Å². The zero-order valence-electron chi connectivity index (χ0n) is 11.3. The second-order valence-corrected chi connectivity index (χ2v) is 6.42. The Morgan fingerprint density at radius 2 is 2.00 bits per heavy atom. The lowest BCUT2D eigenvalue weighted by Crippen LogP contribution is -2.16. The van der Waals surface area contributed by atoms with Gasteiger partial charge in [0.05, 0.1) is 16.7 Å². The van der Waals surface area contributed by atoms with E-state index in [1.165, 1.54) is 24.5 Å². The van der Waals surface area contributed by atoms with Crippen LogP contribution in [0.25, 0.3) is 0 Å². The summed E-state index contributed by atoms with van der Waals surface area (Å²) in [7, 11) is -3.86. The van der Waals surface area contributed by atoms with Gasteiger partial charge in [-0.3, -0.25) is 4.79 Å². The monoisotopic (exact) mass is 328 g/mol. The predicted molar refractivity (Wildman–Crippen MR) is 79.0 cm³/mol. The van der Waals surface area contributed by atoms with Crippen LogP contribution in [0.3, 0.4) is 0 Å². The number of sulfonamides is 1. The summed E-state index contributed by atoms with van der Waals surface area (Å²) in [6.07, 6.45) is 1.29. The lowest BCUT2D eigenvalue weighted by Gasteiger charge is -2.12. The summed E-state index contributed by atoms with van der Waals surface area (Å²) >= 11 is 5.73. The first-order chi connectivity index (χ1) is 9.70. The maximum Gasteiger partial charge on any atom is 0.260 e. The van der Waals surface area contributed by atoms with E-state index in [0.717, 1.165) is 5.56 Å². The number of anilines is 1. The number of hydrogen-bond donors (Lipinski definition) is 2. The van der Waals surface area contributed by atoms with Gasteiger partial charge in [0.1, 0.15) is 0 Å². The molecule has 0 spiro atoms. The molecule has 1 aromatic heterocycles. The average molecular weight is 329 g/mol. The molecule has 0 saturated carbocycles. The number of halogens is 1. The number of rotatable bonds is 3. The van der Waals surface area contributed by atoms with Crippen molar-refractivity contribution >= 4 is 33.2 Å². The molecule has 8 heteroatoms. The van der Waals surface area contributed by atoms with Gasteiger partial charge in [-0.05, 0) is 54.8 Å². The van der Waals surface area contributed by atoms with Crippen molar-refractivity contribution in [2.75, 3.05) is 5.32 Å². The molecule has 6 nitrogen and oxygen atoms in total. The van der Waals surface area contributed by atoms with E-state index in [0.29, 0.717) is 11.3 Å². The highest BCUT2D eigenvalue weighted by atomic mass is 35.5. The van der Waals surface area contributed by atoms with Crippen molar-refractivity contribution in [3.05, 3.63) is 46.4 Å². The van der Waals surface area contributed by atoms with Gasteiger partial charge in [0.25, 0.3) is 5.91 Å². The van der Waals surface area contributed by atoms with E-state index in [9.17, 15) is 13.2 Å². The number of furan rings is 1. The number of hydrogen-bond acceptors (Lipinski definition) is 4. The largest absolute Gasteiger partial charge is 0.452 e. The summed E-state index contributed by atoms with van der Waals surface area (Å²) in [6.45, 7) is 3.49. The van der Waals surface area contributed by atoms with Crippen molar-refractivity contribution in [3.8, 4) is 0 Å². The van der Waals surface area contributed by atoms with Crippen LogP contribution in [-0.2, 0) is 10.0 Å². The fourth-order valence-electron chi connectivity index (χ4n) is 1.77. The van der Waals surface area contributed by atoms with Crippen LogP contribution in [0, 0.1) is 13.8 Å². The van der Waals surface area contributed by atoms with Crippen LogP contribution in [0.2, 0.25) is 5.22 Å². The Hall–Kier alpha value is -1.83. The van der Waals surface area contributed by atoms with Crippen molar-refractivity contribution in [2.45, 2.75) is 18.7 Å². The van der Waals surface area contributed by atoms with Crippen molar-refractivity contribution < 1.29 is 17.6 Å². The number of benzene rings is 1. The van der Waals surface area contributed by atoms with Gasteiger partial charge in [0, 0.05) is 5.69 Å². The van der Waals surface area contributed by atoms with Gasteiger partial charge in [-0.15, -0.1) is 0 Å². The lowest BCUT2D eigenvalue weighted by atomic mass is 10.1. The molecule has 21 heavy (non-hydrogen) atoms. The van der Waals surface area contributed by atoms with Crippen LogP contribution in [0.5, 0.6) is 0 Å². The zero-order valence-corrected chi connectivity index (χ0v) is 12.9. The molecule has 2 rings (SSSR count). The minimum absolute atomic E-state index is 0.0375. The van der Waals surface area contributed by atoms with Crippen molar-refractivity contribution in [1.82, 2.24) is 0 Å². The number of nitrogens with one attached hydrogen (secondary N) is 1. The summed E-state index contributed by atoms with van der Waals surface area (Å²) < 4.78 is 27.7. The molecule has 0 bridgehead atoms. The minimum Gasteiger partial charge on any atom is -0.452 e. The molecule has 0 aliphatic rings. The number of carbonyl (C=O) groups is 1. The van der Waals surface area contributed by atoms with Gasteiger partial charge in [-0.25, -0.2) is 13.6 Å². The normalized spacial score (nSPS) is 11.4. The van der Waals surface area contributed by atoms with E-state index < -0.39 is 15.9 Å². The first-order valence-corrected chi connectivity index (χ1v) is 7.81. The quantitative estimate of drug-likeness (QED) is 0.903. The molecule has 0 aliphatic carbocycles. The summed E-state index contributed by atoms with van der Waals surface area (Å²) in [5.41, 5.74) is 1.93. The molecule has 0 atom stereocenters. The molecular formula is C13H13ClN2O4S. The Morgan fingerprint density at radius 3 is 2.52 bits per heavy atom. The number of aryl methyl sites for hydroxylation is 1. The highest BCUT2D eigenvalue weighted by Crippen LogP contribution is 2.25. The standard InChI is InChI=1S/C13H13ClN2O4S/c1-7-5-9(21(15,18)19)6-11(8(7)2)16-13(17)10-3-4-20-12(10)14/h3-6H,1-2H3,(H,16,17)(H2,15,18,19). The van der Waals surface area contributed by atoms with E-state index in [1.54, 1.807) is 13.8 Å². The second kappa shape index (κ2) is 5.51. The third-order valence-electron chi connectivity index (χ3n) is 3.08. The second-order valence-electron chi connectivity index (χ2n) is 4.52. The van der Waals surface area contributed by atoms with Gasteiger partial charge in [0.15, 0.2) is 0 Å². The first-order valence-electron chi connectivity index (χ1n) is 5.88. The Labute approximate surface area is 126 Å². The van der Waals surface area contributed by atoms with Gasteiger partial charge in [0.2, 0.25) is 15.2 Å². The highest BCUT2D eigenvalue weighted by molar-refractivity contribution is 7.89. The Balaban J connectivity index is 2.43. The van der Waals surface area contributed by atoms with Crippen LogP contribution in [0.4, 0.5) is 5.69 Å². The van der Waals surface area contributed by atoms with Gasteiger partial charge < -0.3 is 9.73 Å². The molecule has 0 radical (unpaired) electrons. The van der Waals surface area contributed by atoms with E-state index in [-0.39, 0.29) is 15.7 Å². The van der Waals surface area contributed by atoms with Gasteiger partial charge >= 0.3 is 0 Å². The van der Waals surface area contributed by atoms with Crippen LogP contribution >= 0.6 is 11.6 Å². The average Bonchev–Trinajstić information content (AvgIpc) is 2.79. The molecule has 0 fully saturated rings. The lowest BCUT2D eigenvalue weighted by molar-refractivity contribution is 0.102. The number of primary sulfonamides is 1. The van der Waals surface area contributed by atoms with Crippen LogP contribution in [-0.4, -0.2) is 14.3 Å². The number of nitrogens with two attached hydrogens (primary N) is 1. The fourth-order valence-corrected chi connectivity index (χ4v) is 2.59. The van der Waals surface area contributed by atoms with E-state index >= 15 is 0 Å². The van der Waals surface area contributed by atoms with Crippen LogP contribution < -0.4 is 10.5 Å². The molecule has 1 heterocycles. The van der Waals surface area contributed by atoms with Crippen LogP contribution in [0.1, 0.15) is 21.5 Å². The summed E-state index contributed by atoms with van der Waals surface area (Å²) in [5.74, 6) is -0.497. The summed E-state index contributed by atoms with van der Waals surface area (Å²) in [5, 5.41) is 7.68. The van der Waals surface area contributed by atoms with E-state index in [1.807, 2.05) is 0 Å². The molecule has 0 aliphatic heterocycles. The molecule has 112 valence electrons. The number of carbonyl (C=O) groups excluding carboxylic acids is 1. The van der Waals surface area contributed by atoms with Gasteiger partial charge in [-0.1, -0.05) is 0 Å². The summed E-state index contributed by atoms with van der Waals surface area (Å²) in [6, 6.07) is 4.18. The molecule has 3 N–H and O–H groups in total. The van der Waals surface area contributed by atoms with Gasteiger partial charge in [-0.2, -0.15) is 0 Å². The van der Waals surface area contributed by atoms with Crippen molar-refractivity contribution in [1.29, 1.82) is 0 Å². The van der Waals surface area contributed by atoms with E-state index in [4.69, 9.17) is 21.2 Å². The third-order valence-corrected chi connectivity index (χ3v) is 4.27. The molecule has 1 amide bonds. The maximum absolute atomic E-state index is 12.1. The Bertz CT molecular complexity index is 812. The maximum atomic E-state index is 12.1. The smallest absolute Gasteiger partial charge is 0.260 e. The Kier molecular flexibility index (Phi) is 4.08. The van der Waals surface area contributed by atoms with Crippen molar-refractivity contribution in [3.63, 3.8) is 0 Å². The molecule has 0 unspecified atom stereocenters. The zero-order chi connectivity index (χ0) is 15.8. The number of amides is 1. The molecular weight excluding hydrogens is 316 g/mol. The van der Waals surface area contributed by atoms with E-state index in [2.05, 4.69) is 5.32 Å². The molecule has 2 aromatic rings. The molecule has 1 aromatic carbocycles. The Morgan fingerprint density at radius 1 is 1.33 bits per heavy atom. The minimum atomic E-state index is -3.86. The topological polar surface area (TPSA) is 102 Å². The highest BCUT2D eigenvalue weighted by Gasteiger charge is 2.17. The first kappa shape index (κ1) is 15.6. The third kappa shape index (κ3) is 3.26. The predicted octanol–water partition coefficient (Wildman–Crippen LogP) is 2.45. The molecule has 0 saturated heterocycles. The fraction of sp³-hybridized carbons (Fsp3) is 0.154. The summed E-state index contributed by atoms with van der Waals surface area (Å²) in [4.78, 5) is 12.0. The van der Waals surface area contributed by atoms with Crippen molar-refractivity contribution in [2.24, 2.45) is 5.14 Å².